The van der Waals surface area contributed by atoms with Gasteiger partial charge in [-0.1, -0.05) is 6.07 Å². The van der Waals surface area contributed by atoms with Gasteiger partial charge in [0, 0.05) is 26.7 Å². The molecule has 0 heterocycles. The molecule has 2 rings (SSSR count). The van der Waals surface area contributed by atoms with E-state index >= 15 is 0 Å². The second-order valence-electron chi connectivity index (χ2n) is 5.56. The van der Waals surface area contributed by atoms with Crippen LogP contribution < -0.4 is 10.1 Å². The van der Waals surface area contributed by atoms with Crippen LogP contribution in [0.25, 0.3) is 0 Å². The van der Waals surface area contributed by atoms with Gasteiger partial charge in [-0.05, 0) is 42.5 Å². The van der Waals surface area contributed by atoms with Gasteiger partial charge in [-0.3, -0.25) is 0 Å². The molecule has 118 valence electrons. The van der Waals surface area contributed by atoms with E-state index in [1.165, 1.54) is 15.4 Å². The molecule has 1 aromatic rings. The normalized spacial score (nSPS) is 18.6. The molecule has 0 amide bonds. The van der Waals surface area contributed by atoms with Crippen LogP contribution >= 0.6 is 0 Å². The van der Waals surface area contributed by atoms with Crippen LogP contribution in [0.2, 0.25) is 0 Å². The van der Waals surface area contributed by atoms with E-state index in [1.54, 1.807) is 21.2 Å². The number of benzene rings is 1. The summed E-state index contributed by atoms with van der Waals surface area (Å²) in [7, 11) is 1.67. The molecule has 0 bridgehead atoms. The Balaban J connectivity index is 2.01. The minimum Gasteiger partial charge on any atom is -0.497 e. The molecule has 0 fully saturated rings. The Labute approximate surface area is 127 Å². The van der Waals surface area contributed by atoms with E-state index in [4.69, 9.17) is 4.74 Å². The summed E-state index contributed by atoms with van der Waals surface area (Å²) in [4.78, 5) is 0. The Hall–Kier alpha value is -1.11. The number of hydrogen-bond donors (Lipinski definition) is 1. The van der Waals surface area contributed by atoms with Crippen LogP contribution in [0.1, 0.15) is 30.0 Å². The second-order valence-corrected chi connectivity index (χ2v) is 7.86. The minimum atomic E-state index is -3.14. The van der Waals surface area contributed by atoms with Crippen LogP contribution in [0, 0.1) is 0 Å². The smallest absolute Gasteiger partial charge is 0.214 e. The molecule has 1 aliphatic rings. The van der Waals surface area contributed by atoms with Gasteiger partial charge in [0.2, 0.25) is 10.0 Å². The molecule has 1 atom stereocenters. The van der Waals surface area contributed by atoms with Crippen molar-refractivity contribution in [3.63, 3.8) is 0 Å². The second kappa shape index (κ2) is 6.77. The zero-order valence-corrected chi connectivity index (χ0v) is 13.7. The summed E-state index contributed by atoms with van der Waals surface area (Å²) in [6.45, 7) is 0.469. The van der Waals surface area contributed by atoms with Gasteiger partial charge in [0.05, 0.1) is 12.9 Å². The largest absolute Gasteiger partial charge is 0.497 e. The van der Waals surface area contributed by atoms with Gasteiger partial charge in [-0.15, -0.1) is 0 Å². The summed E-state index contributed by atoms with van der Waals surface area (Å²) in [5.74, 6) is 1.01. The topological polar surface area (TPSA) is 58.6 Å². The van der Waals surface area contributed by atoms with E-state index < -0.39 is 10.0 Å². The zero-order valence-electron chi connectivity index (χ0n) is 12.9. The first-order valence-corrected chi connectivity index (χ1v) is 8.85. The molecule has 1 N–H and O–H groups in total. The van der Waals surface area contributed by atoms with Crippen molar-refractivity contribution in [1.82, 2.24) is 9.62 Å². The molecule has 0 spiro atoms. The van der Waals surface area contributed by atoms with E-state index in [2.05, 4.69) is 17.4 Å². The number of rotatable bonds is 6. The van der Waals surface area contributed by atoms with Crippen molar-refractivity contribution in [2.24, 2.45) is 0 Å². The molecule has 1 aromatic carbocycles. The van der Waals surface area contributed by atoms with Crippen LogP contribution in [-0.4, -0.2) is 46.2 Å². The molecule has 0 aliphatic heterocycles. The lowest BCUT2D eigenvalue weighted by Crippen LogP contribution is -2.33. The Morgan fingerprint density at radius 1 is 1.38 bits per heavy atom. The highest BCUT2D eigenvalue weighted by Crippen LogP contribution is 2.31. The number of methoxy groups -OCH3 is 1. The fraction of sp³-hybridized carbons (Fsp3) is 0.600. The van der Waals surface area contributed by atoms with Gasteiger partial charge in [0.15, 0.2) is 0 Å². The van der Waals surface area contributed by atoms with E-state index in [9.17, 15) is 8.42 Å². The Kier molecular flexibility index (Phi) is 5.24. The van der Waals surface area contributed by atoms with E-state index in [0.717, 1.165) is 25.0 Å². The fourth-order valence-electron chi connectivity index (χ4n) is 2.67. The van der Waals surface area contributed by atoms with E-state index in [1.807, 2.05) is 6.07 Å². The van der Waals surface area contributed by atoms with Crippen molar-refractivity contribution in [1.29, 1.82) is 0 Å². The molecule has 21 heavy (non-hydrogen) atoms. The summed E-state index contributed by atoms with van der Waals surface area (Å²) in [5, 5.41) is 3.38. The van der Waals surface area contributed by atoms with Crippen molar-refractivity contribution in [2.75, 3.05) is 33.5 Å². The Morgan fingerprint density at radius 3 is 2.81 bits per heavy atom. The third kappa shape index (κ3) is 3.96. The lowest BCUT2D eigenvalue weighted by atomic mass is 9.87. The molecule has 0 radical (unpaired) electrons. The van der Waals surface area contributed by atoms with E-state index in [0.29, 0.717) is 6.54 Å². The summed E-state index contributed by atoms with van der Waals surface area (Å²) >= 11 is 0. The first-order valence-electron chi connectivity index (χ1n) is 7.24. The van der Waals surface area contributed by atoms with Crippen LogP contribution in [-0.2, 0) is 16.4 Å². The fourth-order valence-corrected chi connectivity index (χ4v) is 3.42. The molecular weight excluding hydrogens is 288 g/mol. The summed E-state index contributed by atoms with van der Waals surface area (Å²) in [6, 6.07) is 6.37. The third-order valence-electron chi connectivity index (χ3n) is 3.97. The molecule has 5 nitrogen and oxygen atoms in total. The average Bonchev–Trinajstić information content (AvgIpc) is 2.46. The number of nitrogens with zero attached hydrogens (tertiary/aromatic N) is 1. The molecule has 0 aromatic heterocycles. The summed E-state index contributed by atoms with van der Waals surface area (Å²) in [6.07, 6.45) is 3.21. The standard InChI is InChI=1S/C15H24N2O3S/c1-17(2)21(18,19)10-9-16-15-6-4-5-12-11-13(20-3)7-8-14(12)15/h7-8,11,15-16H,4-6,9-10H2,1-3H3. The SMILES string of the molecule is COc1ccc2c(c1)CCCC2NCCS(=O)(=O)N(C)C. The number of ether oxygens (including phenoxy) is 1. The number of hydrogen-bond acceptors (Lipinski definition) is 4. The highest BCUT2D eigenvalue weighted by molar-refractivity contribution is 7.89. The average molecular weight is 312 g/mol. The Bertz CT molecular complexity index is 585. The lowest BCUT2D eigenvalue weighted by Gasteiger charge is -2.27. The predicted molar refractivity (Wildman–Crippen MR) is 84.1 cm³/mol. The number of nitrogens with one attached hydrogen (secondary N) is 1. The molecule has 1 aliphatic carbocycles. The molecule has 0 saturated heterocycles. The predicted octanol–water partition coefficient (Wildman–Crippen LogP) is 1.55. The maximum Gasteiger partial charge on any atom is 0.214 e. The Morgan fingerprint density at radius 2 is 2.14 bits per heavy atom. The van der Waals surface area contributed by atoms with Crippen molar-refractivity contribution < 1.29 is 13.2 Å². The highest BCUT2D eigenvalue weighted by Gasteiger charge is 2.21. The van der Waals surface area contributed by atoms with Crippen molar-refractivity contribution in [2.45, 2.75) is 25.3 Å². The monoisotopic (exact) mass is 312 g/mol. The van der Waals surface area contributed by atoms with Gasteiger partial charge in [0.25, 0.3) is 0 Å². The lowest BCUT2D eigenvalue weighted by molar-refractivity contribution is 0.411. The van der Waals surface area contributed by atoms with Gasteiger partial charge >= 0.3 is 0 Å². The molecule has 1 unspecified atom stereocenters. The van der Waals surface area contributed by atoms with Crippen LogP contribution in [0.5, 0.6) is 5.75 Å². The van der Waals surface area contributed by atoms with Gasteiger partial charge in [-0.2, -0.15) is 0 Å². The molecular formula is C15H24N2O3S. The zero-order chi connectivity index (χ0) is 15.5. The first-order chi connectivity index (χ1) is 9.94. The number of sulfonamides is 1. The van der Waals surface area contributed by atoms with Crippen LogP contribution in [0.15, 0.2) is 18.2 Å². The van der Waals surface area contributed by atoms with E-state index in [-0.39, 0.29) is 11.8 Å². The van der Waals surface area contributed by atoms with Crippen molar-refractivity contribution in [3.8, 4) is 5.75 Å². The summed E-state index contributed by atoms with van der Waals surface area (Å²) in [5.41, 5.74) is 2.57. The van der Waals surface area contributed by atoms with Gasteiger partial charge in [0.1, 0.15) is 5.75 Å². The third-order valence-corrected chi connectivity index (χ3v) is 5.80. The van der Waals surface area contributed by atoms with Crippen molar-refractivity contribution in [3.05, 3.63) is 29.3 Å². The van der Waals surface area contributed by atoms with Crippen molar-refractivity contribution >= 4 is 10.0 Å². The quantitative estimate of drug-likeness (QED) is 0.866. The molecule has 0 saturated carbocycles. The van der Waals surface area contributed by atoms with Crippen LogP contribution in [0.3, 0.4) is 0 Å². The van der Waals surface area contributed by atoms with Gasteiger partial charge in [-0.25, -0.2) is 12.7 Å². The van der Waals surface area contributed by atoms with Crippen LogP contribution in [0.4, 0.5) is 0 Å². The maximum absolute atomic E-state index is 11.8. The summed E-state index contributed by atoms with van der Waals surface area (Å²) < 4.78 is 30.1. The maximum atomic E-state index is 11.8. The number of fused-ring (bicyclic) bond motifs is 1. The van der Waals surface area contributed by atoms with Gasteiger partial charge < -0.3 is 10.1 Å². The molecule has 6 heteroatoms. The highest BCUT2D eigenvalue weighted by atomic mass is 32.2. The number of aryl methyl sites for hydroxylation is 1. The first kappa shape index (κ1) is 16.3. The minimum absolute atomic E-state index is 0.127.